The van der Waals surface area contributed by atoms with Gasteiger partial charge >= 0.3 is 0 Å². The van der Waals surface area contributed by atoms with Crippen molar-refractivity contribution in [2.45, 2.75) is 77.7 Å². The molecule has 0 fully saturated rings. The van der Waals surface area contributed by atoms with Crippen LogP contribution in [0.2, 0.25) is 10.3 Å². The highest BCUT2D eigenvalue weighted by molar-refractivity contribution is 6.30. The van der Waals surface area contributed by atoms with Gasteiger partial charge in [-0.05, 0) is 56.6 Å². The van der Waals surface area contributed by atoms with Crippen molar-refractivity contribution in [2.75, 3.05) is 0 Å². The number of rotatable bonds is 17. The highest BCUT2D eigenvalue weighted by Gasteiger charge is 2.34. The van der Waals surface area contributed by atoms with E-state index in [1.165, 1.54) is 0 Å². The van der Waals surface area contributed by atoms with E-state index in [9.17, 15) is 10.2 Å². The Balaban J connectivity index is 1.11. The molecule has 16 heteroatoms. The van der Waals surface area contributed by atoms with Crippen LogP contribution < -0.4 is 0 Å². The molecule has 60 heavy (non-hydrogen) atoms. The van der Waals surface area contributed by atoms with Crippen molar-refractivity contribution in [2.24, 2.45) is 0 Å². The van der Waals surface area contributed by atoms with Crippen LogP contribution >= 0.6 is 23.2 Å². The van der Waals surface area contributed by atoms with Gasteiger partial charge in [-0.3, -0.25) is 0 Å². The first-order valence-corrected chi connectivity index (χ1v) is 20.8. The van der Waals surface area contributed by atoms with Crippen LogP contribution in [-0.4, -0.2) is 70.6 Å². The molecule has 2 atom stereocenters. The van der Waals surface area contributed by atoms with Crippen molar-refractivity contribution < 1.29 is 10.2 Å². The topological polar surface area (TPSA) is 185 Å². The van der Waals surface area contributed by atoms with Gasteiger partial charge in [-0.1, -0.05) is 147 Å². The maximum atomic E-state index is 12.5. The molecule has 0 aliphatic carbocycles. The molecule has 14 nitrogen and oxygen atoms in total. The summed E-state index contributed by atoms with van der Waals surface area (Å²) in [6, 6.07) is 32.3. The minimum Gasteiger partial charge on any atom is -0.390 e. The number of aryl methyl sites for hydroxylation is 1. The number of nitrogens with zero attached hydrogens (tertiary/aromatic N) is 10. The number of imidazole rings is 2. The molecule has 0 saturated heterocycles. The van der Waals surface area contributed by atoms with Gasteiger partial charge < -0.3 is 19.3 Å². The lowest BCUT2D eigenvalue weighted by atomic mass is 9.93. The van der Waals surface area contributed by atoms with Crippen molar-refractivity contribution >= 4 is 23.2 Å². The largest absolute Gasteiger partial charge is 0.390 e. The van der Waals surface area contributed by atoms with Crippen LogP contribution in [0, 0.1) is 0 Å². The third-order valence-corrected chi connectivity index (χ3v) is 11.4. The predicted octanol–water partition coefficient (Wildman–Crippen LogP) is 8.63. The number of aromatic amines is 2. The van der Waals surface area contributed by atoms with Gasteiger partial charge in [0.25, 0.3) is 0 Å². The Bertz CT molecular complexity index is 2640. The molecule has 0 amide bonds. The number of H-pyrrole nitrogens is 2. The van der Waals surface area contributed by atoms with E-state index in [4.69, 9.17) is 33.2 Å². The maximum Gasteiger partial charge on any atom is 0.205 e. The number of aromatic nitrogens is 12. The zero-order valence-electron chi connectivity index (χ0n) is 33.2. The summed E-state index contributed by atoms with van der Waals surface area (Å²) in [5, 5.41) is 52.9. The van der Waals surface area contributed by atoms with Gasteiger partial charge in [0.05, 0.1) is 18.0 Å². The van der Waals surface area contributed by atoms with E-state index in [0.717, 1.165) is 69.6 Å². The Kier molecular flexibility index (Phi) is 12.5. The number of nitrogens with one attached hydrogen (secondary N) is 2. The van der Waals surface area contributed by atoms with Crippen LogP contribution in [0.4, 0.5) is 0 Å². The van der Waals surface area contributed by atoms with Gasteiger partial charge in [0.2, 0.25) is 11.6 Å². The van der Waals surface area contributed by atoms with Crippen molar-refractivity contribution in [1.29, 1.82) is 0 Å². The van der Waals surface area contributed by atoms with Gasteiger partial charge in [0.15, 0.2) is 10.3 Å². The molecule has 0 aliphatic rings. The van der Waals surface area contributed by atoms with Crippen molar-refractivity contribution in [3.63, 3.8) is 0 Å². The fourth-order valence-electron chi connectivity index (χ4n) is 7.84. The number of hydrogen-bond acceptors (Lipinski definition) is 10. The smallest absolute Gasteiger partial charge is 0.205 e. The Labute approximate surface area is 356 Å². The molecule has 8 rings (SSSR count). The summed E-state index contributed by atoms with van der Waals surface area (Å²) in [4.78, 5) is 9.64. The molecule has 4 heterocycles. The quantitative estimate of drug-likeness (QED) is 0.0692. The summed E-state index contributed by atoms with van der Waals surface area (Å²) in [5.74, 6) is 1.88. The van der Waals surface area contributed by atoms with E-state index in [0.29, 0.717) is 54.8 Å². The Hall–Kier alpha value is -6.06. The lowest BCUT2D eigenvalue weighted by Crippen LogP contribution is -2.21. The summed E-state index contributed by atoms with van der Waals surface area (Å²) in [7, 11) is 0. The first kappa shape index (κ1) is 40.7. The Morgan fingerprint density at radius 1 is 0.650 bits per heavy atom. The van der Waals surface area contributed by atoms with Gasteiger partial charge in [0.1, 0.15) is 17.8 Å². The molecule has 8 aromatic rings. The molecule has 0 aliphatic heterocycles. The number of hydrogen-bond donors (Lipinski definition) is 4. The first-order valence-electron chi connectivity index (χ1n) is 20.0. The van der Waals surface area contributed by atoms with E-state index in [2.05, 4.69) is 83.9 Å². The summed E-state index contributed by atoms with van der Waals surface area (Å²) in [6.07, 6.45) is 2.81. The second-order valence-electron chi connectivity index (χ2n) is 14.6. The third kappa shape index (κ3) is 8.36. The summed E-state index contributed by atoms with van der Waals surface area (Å²) in [6.45, 7) is 4.68. The average Bonchev–Trinajstić information content (AvgIpc) is 4.11. The van der Waals surface area contributed by atoms with E-state index in [-0.39, 0.29) is 16.9 Å². The molecular weight excluding hydrogens is 799 g/mol. The van der Waals surface area contributed by atoms with Gasteiger partial charge in [-0.25, -0.2) is 9.97 Å². The highest BCUT2D eigenvalue weighted by Crippen LogP contribution is 2.40. The molecule has 4 N–H and O–H groups in total. The van der Waals surface area contributed by atoms with E-state index >= 15 is 0 Å². The van der Waals surface area contributed by atoms with E-state index in [1.807, 2.05) is 77.4 Å². The molecule has 306 valence electrons. The van der Waals surface area contributed by atoms with Gasteiger partial charge in [0, 0.05) is 36.6 Å². The Morgan fingerprint density at radius 2 is 1.18 bits per heavy atom. The van der Waals surface area contributed by atoms with Crippen LogP contribution in [0.15, 0.2) is 97.1 Å². The lowest BCUT2D eigenvalue weighted by molar-refractivity contribution is 0.125. The first-order chi connectivity index (χ1) is 29.4. The van der Waals surface area contributed by atoms with Crippen LogP contribution in [-0.2, 0) is 26.1 Å². The van der Waals surface area contributed by atoms with Gasteiger partial charge in [-0.2, -0.15) is 10.4 Å². The lowest BCUT2D eigenvalue weighted by Gasteiger charge is -2.26. The minimum atomic E-state index is -1.09. The van der Waals surface area contributed by atoms with Crippen LogP contribution in [0.3, 0.4) is 0 Å². The zero-order valence-corrected chi connectivity index (χ0v) is 34.7. The molecule has 4 aromatic carbocycles. The normalized spacial score (nSPS) is 12.6. The highest BCUT2D eigenvalue weighted by atomic mass is 35.5. The van der Waals surface area contributed by atoms with Crippen molar-refractivity contribution in [3.05, 3.63) is 142 Å². The van der Waals surface area contributed by atoms with Crippen LogP contribution in [0.1, 0.15) is 85.7 Å². The summed E-state index contributed by atoms with van der Waals surface area (Å²) in [5.41, 5.74) is 8.62. The molecule has 0 bridgehead atoms. The fraction of sp³-hybridized carbons (Fsp3) is 0.273. The van der Waals surface area contributed by atoms with Gasteiger partial charge in [-0.15, -0.1) is 20.4 Å². The van der Waals surface area contributed by atoms with Crippen LogP contribution in [0.5, 0.6) is 0 Å². The number of aliphatic hydroxyl groups is 2. The molecule has 0 spiro atoms. The fourth-order valence-corrected chi connectivity index (χ4v) is 8.40. The number of halogens is 2. The predicted molar refractivity (Wildman–Crippen MR) is 230 cm³/mol. The molecule has 0 unspecified atom stereocenters. The van der Waals surface area contributed by atoms with Crippen molar-refractivity contribution in [3.8, 4) is 45.0 Å². The van der Waals surface area contributed by atoms with E-state index in [1.54, 1.807) is 0 Å². The number of benzene rings is 4. The minimum absolute atomic E-state index is 0.190. The third-order valence-electron chi connectivity index (χ3n) is 10.8. The number of unbranched alkanes of at least 4 members (excludes halogenated alkanes) is 1. The maximum absolute atomic E-state index is 12.5. The second kappa shape index (κ2) is 18.5. The summed E-state index contributed by atoms with van der Waals surface area (Å²) >= 11 is 13.8. The zero-order chi connectivity index (χ0) is 41.6. The SMILES string of the molecule is CCCCc1nc(Cl)c([C@H](O)[C@@H](CCC)c2nc(Cl)c(CO)n2Cc2ccc(-c3ccccc3-c3nn[nH]n3)cc2)n1Cc1ccc(-c2ccccc2-c2nn[nH]n2)cc1. The Morgan fingerprint density at radius 3 is 1.67 bits per heavy atom. The monoisotopic (exact) mass is 842 g/mol. The average molecular weight is 844 g/mol. The number of tetrazole rings is 2. The molecule has 0 radical (unpaired) electrons. The molecule has 4 aromatic heterocycles. The summed E-state index contributed by atoms with van der Waals surface area (Å²) < 4.78 is 3.98. The number of aliphatic hydroxyl groups excluding tert-OH is 2. The van der Waals surface area contributed by atoms with E-state index < -0.39 is 12.0 Å². The second-order valence-corrected chi connectivity index (χ2v) is 15.4. The van der Waals surface area contributed by atoms with Crippen LogP contribution in [0.25, 0.3) is 45.0 Å². The molecule has 0 saturated carbocycles. The molecular formula is C44H44Cl2N12O2. The van der Waals surface area contributed by atoms with Crippen molar-refractivity contribution in [1.82, 2.24) is 60.4 Å². The standard InChI is InChI=1S/C44H44Cl2N12O2/c1-3-5-15-37-47-41(46)38(58(37)25-28-18-22-30(23-19-28)32-12-7-9-14-34(32)43-51-55-56-52-43)39(60)35(10-4-2)44-48-40(45)36(26-59)57(44)24-27-16-20-29(21-17-27)31-11-6-8-13-33(31)42-49-53-54-50-42/h6-9,11-14,16-23,35,39,59-60H,3-5,10,15,24-26H2,1-2H3,(H,49,50,53,54)(H,51,52,55,56)/t35-,39-/m1/s1.